The number of fused-ring (bicyclic) bond motifs is 1. The smallest absolute Gasteiger partial charge is 0.265 e. The number of aryl methyl sites for hydroxylation is 1. The number of anilines is 3. The molecule has 0 spiro atoms. The molecule has 0 saturated heterocycles. The van der Waals surface area contributed by atoms with Crippen LogP contribution >= 0.6 is 0 Å². The van der Waals surface area contributed by atoms with Crippen LogP contribution in [-0.2, 0) is 19.6 Å². The van der Waals surface area contributed by atoms with Gasteiger partial charge in [-0.15, -0.1) is 0 Å². The first-order chi connectivity index (χ1) is 13.6. The Balaban J connectivity index is 1.78. The van der Waals surface area contributed by atoms with Crippen molar-refractivity contribution in [2.45, 2.75) is 26.4 Å². The molecule has 0 saturated carbocycles. The zero-order chi connectivity index (χ0) is 21.2. The van der Waals surface area contributed by atoms with Crippen LogP contribution in [0.3, 0.4) is 0 Å². The Morgan fingerprint density at radius 3 is 2.28 bits per heavy atom. The van der Waals surface area contributed by atoms with Crippen molar-refractivity contribution in [3.05, 3.63) is 48.0 Å². The summed E-state index contributed by atoms with van der Waals surface area (Å²) in [6.07, 6.45) is 0.491. The molecule has 1 aliphatic rings. The third-order valence-corrected chi connectivity index (χ3v) is 5.59. The molecular formula is C20H23N3O5S. The highest BCUT2D eigenvalue weighted by atomic mass is 32.2. The summed E-state index contributed by atoms with van der Waals surface area (Å²) in [6.45, 7) is 3.41. The van der Waals surface area contributed by atoms with E-state index in [9.17, 15) is 18.0 Å². The second-order valence-electron chi connectivity index (χ2n) is 6.95. The number of amides is 2. The van der Waals surface area contributed by atoms with Crippen LogP contribution in [0.1, 0.15) is 18.9 Å². The Morgan fingerprint density at radius 1 is 1.07 bits per heavy atom. The fraction of sp³-hybridized carbons (Fsp3) is 0.300. The summed E-state index contributed by atoms with van der Waals surface area (Å²) in [5, 5.41) is 5.42. The number of ether oxygens (including phenoxy) is 1. The number of rotatable bonds is 4. The first kappa shape index (κ1) is 20.7. The second-order valence-corrected chi connectivity index (χ2v) is 8.86. The van der Waals surface area contributed by atoms with Gasteiger partial charge in [-0.2, -0.15) is 0 Å². The molecule has 2 N–H and O–H groups in total. The van der Waals surface area contributed by atoms with Crippen molar-refractivity contribution in [1.29, 1.82) is 0 Å². The predicted molar refractivity (Wildman–Crippen MR) is 112 cm³/mol. The molecule has 1 heterocycles. The molecule has 0 aliphatic carbocycles. The van der Waals surface area contributed by atoms with Gasteiger partial charge >= 0.3 is 0 Å². The van der Waals surface area contributed by atoms with Crippen molar-refractivity contribution in [3.63, 3.8) is 0 Å². The van der Waals surface area contributed by atoms with E-state index in [0.29, 0.717) is 22.8 Å². The van der Waals surface area contributed by atoms with Gasteiger partial charge in [-0.3, -0.25) is 13.9 Å². The maximum atomic E-state index is 12.7. The number of hydrogen-bond donors (Lipinski definition) is 2. The van der Waals surface area contributed by atoms with Crippen LogP contribution in [0.5, 0.6) is 5.75 Å². The molecule has 2 aromatic rings. The van der Waals surface area contributed by atoms with Gasteiger partial charge in [0.1, 0.15) is 5.75 Å². The topological polar surface area (TPSA) is 105 Å². The van der Waals surface area contributed by atoms with Gasteiger partial charge in [0, 0.05) is 31.3 Å². The molecule has 2 aromatic carbocycles. The lowest BCUT2D eigenvalue weighted by Crippen LogP contribution is -2.35. The molecule has 0 bridgehead atoms. The molecule has 1 aliphatic heterocycles. The maximum absolute atomic E-state index is 12.7. The van der Waals surface area contributed by atoms with Gasteiger partial charge in [-0.25, -0.2) is 8.42 Å². The van der Waals surface area contributed by atoms with Crippen LogP contribution in [0.4, 0.5) is 17.1 Å². The SMILES string of the molecule is CC(=O)Nc1ccc(NC(=O)[C@@H]2CCN(S(C)(=O)=O)c3cc(C)ccc3O2)cc1. The Bertz CT molecular complexity index is 1030. The average Bonchev–Trinajstić information content (AvgIpc) is 2.82. The Labute approximate surface area is 169 Å². The number of sulfonamides is 1. The number of benzene rings is 2. The summed E-state index contributed by atoms with van der Waals surface area (Å²) in [5.74, 6) is -0.211. The summed E-state index contributed by atoms with van der Waals surface area (Å²) in [5.41, 5.74) is 2.49. The van der Waals surface area contributed by atoms with E-state index in [1.807, 2.05) is 6.92 Å². The van der Waals surface area contributed by atoms with E-state index in [2.05, 4.69) is 10.6 Å². The zero-order valence-electron chi connectivity index (χ0n) is 16.4. The third kappa shape index (κ3) is 5.05. The van der Waals surface area contributed by atoms with Gasteiger partial charge in [0.05, 0.1) is 11.9 Å². The standard InChI is InChI=1S/C20H23N3O5S/c1-13-4-9-18-17(12-13)23(29(3,26)27)11-10-19(28-18)20(25)22-16-7-5-15(6-8-16)21-14(2)24/h4-9,12,19H,10-11H2,1-3H3,(H,21,24)(H,22,25)/t19-/m0/s1. The van der Waals surface area contributed by atoms with Crippen molar-refractivity contribution in [2.75, 3.05) is 27.7 Å². The number of nitrogens with zero attached hydrogens (tertiary/aromatic N) is 1. The van der Waals surface area contributed by atoms with Crippen LogP contribution in [0.25, 0.3) is 0 Å². The van der Waals surface area contributed by atoms with Crippen molar-refractivity contribution in [2.24, 2.45) is 0 Å². The molecule has 1 atom stereocenters. The van der Waals surface area contributed by atoms with E-state index in [0.717, 1.165) is 11.8 Å². The first-order valence-corrected chi connectivity index (χ1v) is 10.9. The second kappa shape index (κ2) is 8.12. The molecular weight excluding hydrogens is 394 g/mol. The van der Waals surface area contributed by atoms with Gasteiger partial charge in [0.15, 0.2) is 6.10 Å². The van der Waals surface area contributed by atoms with E-state index < -0.39 is 16.1 Å². The van der Waals surface area contributed by atoms with Crippen molar-refractivity contribution >= 4 is 38.9 Å². The third-order valence-electron chi connectivity index (χ3n) is 4.41. The summed E-state index contributed by atoms with van der Waals surface area (Å²) in [7, 11) is -3.52. The average molecular weight is 417 g/mol. The molecule has 29 heavy (non-hydrogen) atoms. The highest BCUT2D eigenvalue weighted by Gasteiger charge is 2.31. The number of hydrogen-bond acceptors (Lipinski definition) is 5. The van der Waals surface area contributed by atoms with Crippen LogP contribution in [0.15, 0.2) is 42.5 Å². The molecule has 8 nitrogen and oxygen atoms in total. The van der Waals surface area contributed by atoms with E-state index in [4.69, 9.17) is 4.74 Å². The van der Waals surface area contributed by atoms with Gasteiger partial charge in [0.2, 0.25) is 15.9 Å². The van der Waals surface area contributed by atoms with E-state index in [1.165, 1.54) is 11.2 Å². The highest BCUT2D eigenvalue weighted by molar-refractivity contribution is 7.92. The summed E-state index contributed by atoms with van der Waals surface area (Å²) in [6, 6.07) is 11.9. The Hall–Kier alpha value is -3.07. The van der Waals surface area contributed by atoms with Crippen LogP contribution in [0, 0.1) is 6.92 Å². The molecule has 3 rings (SSSR count). The molecule has 0 aromatic heterocycles. The van der Waals surface area contributed by atoms with Gasteiger partial charge < -0.3 is 15.4 Å². The summed E-state index contributed by atoms with van der Waals surface area (Å²) in [4.78, 5) is 23.8. The van der Waals surface area contributed by atoms with E-state index >= 15 is 0 Å². The molecule has 2 amide bonds. The quantitative estimate of drug-likeness (QED) is 0.795. The number of carbonyl (C=O) groups is 2. The normalized spacial score (nSPS) is 16.2. The first-order valence-electron chi connectivity index (χ1n) is 9.07. The van der Waals surface area contributed by atoms with E-state index in [-0.39, 0.29) is 24.8 Å². The lowest BCUT2D eigenvalue weighted by Gasteiger charge is -2.21. The fourth-order valence-electron chi connectivity index (χ4n) is 3.08. The van der Waals surface area contributed by atoms with Crippen LogP contribution in [-0.4, -0.2) is 39.1 Å². The lowest BCUT2D eigenvalue weighted by molar-refractivity contribution is -0.122. The van der Waals surface area contributed by atoms with Crippen molar-refractivity contribution in [3.8, 4) is 5.75 Å². The minimum atomic E-state index is -3.52. The molecule has 0 fully saturated rings. The van der Waals surface area contributed by atoms with Crippen molar-refractivity contribution in [1.82, 2.24) is 0 Å². The predicted octanol–water partition coefficient (Wildman–Crippen LogP) is 2.51. The largest absolute Gasteiger partial charge is 0.478 e. The summed E-state index contributed by atoms with van der Waals surface area (Å²) < 4.78 is 31.6. The fourth-order valence-corrected chi connectivity index (χ4v) is 4.02. The monoisotopic (exact) mass is 417 g/mol. The van der Waals surface area contributed by atoms with Gasteiger partial charge in [0.25, 0.3) is 5.91 Å². The zero-order valence-corrected chi connectivity index (χ0v) is 17.2. The molecule has 154 valence electrons. The summed E-state index contributed by atoms with van der Waals surface area (Å²) >= 11 is 0. The van der Waals surface area contributed by atoms with Crippen LogP contribution < -0.4 is 19.7 Å². The molecule has 0 radical (unpaired) electrons. The molecule has 0 unspecified atom stereocenters. The van der Waals surface area contributed by atoms with Crippen molar-refractivity contribution < 1.29 is 22.7 Å². The lowest BCUT2D eigenvalue weighted by atomic mass is 10.2. The van der Waals surface area contributed by atoms with E-state index in [1.54, 1.807) is 42.5 Å². The van der Waals surface area contributed by atoms with Gasteiger partial charge in [-0.05, 0) is 48.9 Å². The van der Waals surface area contributed by atoms with Crippen LogP contribution in [0.2, 0.25) is 0 Å². The minimum Gasteiger partial charge on any atom is -0.478 e. The number of nitrogens with one attached hydrogen (secondary N) is 2. The maximum Gasteiger partial charge on any atom is 0.265 e. The molecule has 9 heteroatoms. The Kier molecular flexibility index (Phi) is 5.78. The minimum absolute atomic E-state index is 0.134. The Morgan fingerprint density at radius 2 is 1.69 bits per heavy atom. The van der Waals surface area contributed by atoms with Gasteiger partial charge in [-0.1, -0.05) is 6.07 Å². The number of carbonyl (C=O) groups excluding carboxylic acids is 2. The highest BCUT2D eigenvalue weighted by Crippen LogP contribution is 2.35.